The lowest BCUT2D eigenvalue weighted by Gasteiger charge is -2.29. The molecule has 0 spiro atoms. The maximum Gasteiger partial charge on any atom is 0.191 e. The Kier molecular flexibility index (Phi) is 11.4. The van der Waals surface area contributed by atoms with E-state index >= 15 is 0 Å². The summed E-state index contributed by atoms with van der Waals surface area (Å²) in [5, 5.41) is 6.68. The molecule has 1 fully saturated rings. The van der Waals surface area contributed by atoms with Crippen molar-refractivity contribution in [3.63, 3.8) is 0 Å². The Morgan fingerprint density at radius 3 is 2.50 bits per heavy atom. The van der Waals surface area contributed by atoms with E-state index in [-0.39, 0.29) is 29.6 Å². The first-order valence-electron chi connectivity index (χ1n) is 7.76. The Morgan fingerprint density at radius 1 is 1.32 bits per heavy atom. The number of aliphatic imine (C=N–C) groups is 1. The molecular formula is C15H33IN4O2. The van der Waals surface area contributed by atoms with Gasteiger partial charge in [-0.1, -0.05) is 6.92 Å². The molecule has 0 radical (unpaired) electrons. The average molecular weight is 428 g/mol. The van der Waals surface area contributed by atoms with Gasteiger partial charge in [0.25, 0.3) is 0 Å². The van der Waals surface area contributed by atoms with Gasteiger partial charge < -0.3 is 20.1 Å². The summed E-state index contributed by atoms with van der Waals surface area (Å²) in [6, 6.07) is 0. The van der Waals surface area contributed by atoms with Crippen LogP contribution in [0, 0.1) is 5.92 Å². The smallest absolute Gasteiger partial charge is 0.191 e. The summed E-state index contributed by atoms with van der Waals surface area (Å²) < 4.78 is 10.8. The van der Waals surface area contributed by atoms with Crippen molar-refractivity contribution in [2.24, 2.45) is 10.9 Å². The highest BCUT2D eigenvalue weighted by molar-refractivity contribution is 14.0. The summed E-state index contributed by atoms with van der Waals surface area (Å²) in [7, 11) is 3.52. The van der Waals surface area contributed by atoms with E-state index in [0.717, 1.165) is 51.9 Å². The Hall–Kier alpha value is -0.120. The van der Waals surface area contributed by atoms with Crippen molar-refractivity contribution >= 4 is 29.9 Å². The van der Waals surface area contributed by atoms with Crippen molar-refractivity contribution in [1.29, 1.82) is 0 Å². The van der Waals surface area contributed by atoms with Gasteiger partial charge in [0, 0.05) is 46.9 Å². The Balaban J connectivity index is 0.00000441. The fourth-order valence-corrected chi connectivity index (χ4v) is 2.15. The predicted octanol–water partition coefficient (Wildman–Crippen LogP) is 1.16. The average Bonchev–Trinajstić information content (AvgIpc) is 2.48. The minimum absolute atomic E-state index is 0. The fraction of sp³-hybridized carbons (Fsp3) is 0.933. The van der Waals surface area contributed by atoms with Gasteiger partial charge in [0.15, 0.2) is 5.96 Å². The molecule has 1 unspecified atom stereocenters. The number of hydrogen-bond acceptors (Lipinski definition) is 4. The maximum absolute atomic E-state index is 5.39. The van der Waals surface area contributed by atoms with Crippen LogP contribution in [-0.4, -0.2) is 76.6 Å². The van der Waals surface area contributed by atoms with Crippen molar-refractivity contribution < 1.29 is 9.47 Å². The van der Waals surface area contributed by atoms with Gasteiger partial charge in [-0.25, -0.2) is 0 Å². The van der Waals surface area contributed by atoms with E-state index in [9.17, 15) is 0 Å². The van der Waals surface area contributed by atoms with Gasteiger partial charge in [-0.15, -0.1) is 24.0 Å². The van der Waals surface area contributed by atoms with Gasteiger partial charge in [-0.05, 0) is 19.8 Å². The molecule has 6 nitrogen and oxygen atoms in total. The molecule has 0 aromatic rings. The van der Waals surface area contributed by atoms with Crippen molar-refractivity contribution in [3.05, 3.63) is 0 Å². The zero-order valence-electron chi connectivity index (χ0n) is 14.6. The largest absolute Gasteiger partial charge is 0.379 e. The van der Waals surface area contributed by atoms with Crippen molar-refractivity contribution in [2.75, 3.05) is 60.1 Å². The SMILES string of the molecule is CN=C(NCC(C)CN1CCOCC1)NCC(C)(C)OC.I. The summed E-state index contributed by atoms with van der Waals surface area (Å²) in [5.41, 5.74) is -0.197. The van der Waals surface area contributed by atoms with Crippen LogP contribution in [0.25, 0.3) is 0 Å². The van der Waals surface area contributed by atoms with Crippen molar-refractivity contribution in [1.82, 2.24) is 15.5 Å². The molecule has 2 N–H and O–H groups in total. The van der Waals surface area contributed by atoms with Crippen LogP contribution in [0.1, 0.15) is 20.8 Å². The number of nitrogens with zero attached hydrogens (tertiary/aromatic N) is 2. The van der Waals surface area contributed by atoms with Gasteiger partial charge in [0.1, 0.15) is 0 Å². The van der Waals surface area contributed by atoms with E-state index in [1.807, 2.05) is 13.8 Å². The third kappa shape index (κ3) is 9.12. The Morgan fingerprint density at radius 2 is 1.95 bits per heavy atom. The van der Waals surface area contributed by atoms with Crippen LogP contribution in [0.4, 0.5) is 0 Å². The van der Waals surface area contributed by atoms with Crippen LogP contribution in [0.15, 0.2) is 4.99 Å². The van der Waals surface area contributed by atoms with Gasteiger partial charge in [-0.3, -0.25) is 9.89 Å². The zero-order valence-corrected chi connectivity index (χ0v) is 17.0. The first-order chi connectivity index (χ1) is 9.96. The molecule has 1 aliphatic heterocycles. The highest BCUT2D eigenvalue weighted by Crippen LogP contribution is 2.05. The molecule has 1 atom stereocenters. The molecule has 1 aliphatic rings. The lowest BCUT2D eigenvalue weighted by molar-refractivity contribution is 0.0267. The van der Waals surface area contributed by atoms with E-state index in [0.29, 0.717) is 5.92 Å². The quantitative estimate of drug-likeness (QED) is 0.362. The number of morpholine rings is 1. The minimum Gasteiger partial charge on any atom is -0.379 e. The second-order valence-electron chi connectivity index (χ2n) is 6.29. The summed E-state index contributed by atoms with van der Waals surface area (Å²) in [5.74, 6) is 1.39. The Bertz CT molecular complexity index is 321. The molecule has 1 rings (SSSR count). The maximum atomic E-state index is 5.39. The van der Waals surface area contributed by atoms with Gasteiger partial charge in [-0.2, -0.15) is 0 Å². The summed E-state index contributed by atoms with van der Waals surface area (Å²) >= 11 is 0. The molecule has 1 saturated heterocycles. The van der Waals surface area contributed by atoms with E-state index in [4.69, 9.17) is 9.47 Å². The number of halogens is 1. The minimum atomic E-state index is -0.197. The molecule has 22 heavy (non-hydrogen) atoms. The van der Waals surface area contributed by atoms with Gasteiger partial charge >= 0.3 is 0 Å². The fourth-order valence-electron chi connectivity index (χ4n) is 2.15. The van der Waals surface area contributed by atoms with E-state index in [1.54, 1.807) is 14.2 Å². The molecule has 0 amide bonds. The lowest BCUT2D eigenvalue weighted by atomic mass is 10.1. The van der Waals surface area contributed by atoms with Crippen LogP contribution in [0.3, 0.4) is 0 Å². The normalized spacial score (nSPS) is 18.5. The second-order valence-corrected chi connectivity index (χ2v) is 6.29. The first kappa shape index (κ1) is 21.9. The highest BCUT2D eigenvalue weighted by atomic mass is 127. The number of guanidine groups is 1. The predicted molar refractivity (Wildman–Crippen MR) is 102 cm³/mol. The van der Waals surface area contributed by atoms with Crippen LogP contribution in [0.2, 0.25) is 0 Å². The lowest BCUT2D eigenvalue weighted by Crippen LogP contribution is -2.47. The molecule has 7 heteroatoms. The second kappa shape index (κ2) is 11.4. The van der Waals surface area contributed by atoms with E-state index in [1.165, 1.54) is 0 Å². The zero-order chi connectivity index (χ0) is 15.7. The molecule has 0 bridgehead atoms. The number of methoxy groups -OCH3 is 1. The van der Waals surface area contributed by atoms with Gasteiger partial charge in [0.05, 0.1) is 18.8 Å². The van der Waals surface area contributed by atoms with Crippen LogP contribution >= 0.6 is 24.0 Å². The Labute approximate surface area is 152 Å². The molecule has 0 aromatic heterocycles. The molecule has 0 aliphatic carbocycles. The van der Waals surface area contributed by atoms with Crippen LogP contribution in [0.5, 0.6) is 0 Å². The molecule has 1 heterocycles. The van der Waals surface area contributed by atoms with E-state index < -0.39 is 0 Å². The monoisotopic (exact) mass is 428 g/mol. The number of rotatable bonds is 7. The van der Waals surface area contributed by atoms with Crippen LogP contribution in [-0.2, 0) is 9.47 Å². The van der Waals surface area contributed by atoms with E-state index in [2.05, 4.69) is 27.4 Å². The van der Waals surface area contributed by atoms with Crippen molar-refractivity contribution in [3.8, 4) is 0 Å². The van der Waals surface area contributed by atoms with Crippen LogP contribution < -0.4 is 10.6 Å². The third-order valence-corrected chi connectivity index (χ3v) is 3.75. The topological polar surface area (TPSA) is 58.1 Å². The van der Waals surface area contributed by atoms with Gasteiger partial charge in [0.2, 0.25) is 0 Å². The molecule has 132 valence electrons. The summed E-state index contributed by atoms with van der Waals surface area (Å²) in [6.07, 6.45) is 0. The molecular weight excluding hydrogens is 395 g/mol. The number of nitrogens with one attached hydrogen (secondary N) is 2. The summed E-state index contributed by atoms with van der Waals surface area (Å²) in [6.45, 7) is 12.9. The first-order valence-corrected chi connectivity index (χ1v) is 7.76. The summed E-state index contributed by atoms with van der Waals surface area (Å²) in [4.78, 5) is 6.71. The molecule has 0 aromatic carbocycles. The number of ether oxygens (including phenoxy) is 2. The third-order valence-electron chi connectivity index (χ3n) is 3.75. The molecule has 0 saturated carbocycles. The van der Waals surface area contributed by atoms with Crippen molar-refractivity contribution in [2.45, 2.75) is 26.4 Å². The standard InChI is InChI=1S/C15H32N4O2.HI/c1-13(11-19-6-8-21-9-7-19)10-17-14(16-4)18-12-15(2,3)20-5;/h13H,6-12H2,1-5H3,(H2,16,17,18);1H. The number of hydrogen-bond donors (Lipinski definition) is 2. The highest BCUT2D eigenvalue weighted by Gasteiger charge is 2.17.